The van der Waals surface area contributed by atoms with Gasteiger partial charge in [-0.15, -0.1) is 0 Å². The maximum atomic E-state index is 13.0. The van der Waals surface area contributed by atoms with Crippen LogP contribution in [0.15, 0.2) is 48.7 Å². The van der Waals surface area contributed by atoms with E-state index in [1.165, 1.54) is 17.3 Å². The number of alkyl halides is 2. The number of benzene rings is 1. The van der Waals surface area contributed by atoms with Crippen LogP contribution in [-0.2, 0) is 11.2 Å². The van der Waals surface area contributed by atoms with Gasteiger partial charge in [-0.2, -0.15) is 0 Å². The standard InChI is InChI=1S/C22H25F2N3.CH3NO/c1-2-15-5-3-6-17(13-15)16-9-11-18(12-10-16)25-20-7-4-8-21-26-19(22(23)24)14-27(20)21;2-1-3/h3-8,13-14,16,18,22,25H,2,9-12H2,1H3;1H,(H2,2,3). The van der Waals surface area contributed by atoms with Crippen molar-refractivity contribution < 1.29 is 13.6 Å². The molecular formula is C23H28F2N4O. The summed E-state index contributed by atoms with van der Waals surface area (Å²) in [6.45, 7) is 2.19. The molecule has 0 radical (unpaired) electrons. The molecular weight excluding hydrogens is 386 g/mol. The number of rotatable bonds is 5. The lowest BCUT2D eigenvalue weighted by atomic mass is 9.81. The first-order chi connectivity index (χ1) is 14.5. The summed E-state index contributed by atoms with van der Waals surface area (Å²) < 4.78 is 27.6. The number of aromatic nitrogens is 2. The zero-order valence-electron chi connectivity index (χ0n) is 17.1. The molecule has 3 N–H and O–H groups in total. The van der Waals surface area contributed by atoms with Crippen LogP contribution in [0.4, 0.5) is 14.6 Å². The average Bonchev–Trinajstić information content (AvgIpc) is 3.21. The van der Waals surface area contributed by atoms with E-state index in [-0.39, 0.29) is 12.1 Å². The number of nitrogens with one attached hydrogen (secondary N) is 1. The number of hydrogen-bond acceptors (Lipinski definition) is 3. The summed E-state index contributed by atoms with van der Waals surface area (Å²) in [6.07, 6.45) is 4.65. The van der Waals surface area contributed by atoms with Crippen LogP contribution in [0.3, 0.4) is 0 Å². The quantitative estimate of drug-likeness (QED) is 0.572. The summed E-state index contributed by atoms with van der Waals surface area (Å²) in [5.74, 6) is 1.45. The van der Waals surface area contributed by atoms with E-state index in [1.54, 1.807) is 10.5 Å². The van der Waals surface area contributed by atoms with Crippen molar-refractivity contribution in [1.82, 2.24) is 9.38 Å². The highest BCUT2D eigenvalue weighted by atomic mass is 19.3. The normalized spacial score (nSPS) is 18.7. The van der Waals surface area contributed by atoms with Crippen LogP contribution in [0.5, 0.6) is 0 Å². The Labute approximate surface area is 175 Å². The van der Waals surface area contributed by atoms with Gasteiger partial charge in [0.15, 0.2) is 0 Å². The van der Waals surface area contributed by atoms with Crippen LogP contribution in [0.1, 0.15) is 61.8 Å². The Kier molecular flexibility index (Phi) is 7.38. The van der Waals surface area contributed by atoms with Gasteiger partial charge in [0.2, 0.25) is 6.41 Å². The fraction of sp³-hybridized carbons (Fsp3) is 0.391. The maximum absolute atomic E-state index is 13.0. The van der Waals surface area contributed by atoms with E-state index in [1.807, 2.05) is 12.1 Å². The molecule has 0 aliphatic heterocycles. The topological polar surface area (TPSA) is 72.4 Å². The minimum absolute atomic E-state index is 0.177. The monoisotopic (exact) mass is 414 g/mol. The molecule has 2 heterocycles. The van der Waals surface area contributed by atoms with Crippen molar-refractivity contribution in [2.24, 2.45) is 5.73 Å². The van der Waals surface area contributed by atoms with Crippen LogP contribution in [0, 0.1) is 0 Å². The summed E-state index contributed by atoms with van der Waals surface area (Å²) in [6, 6.07) is 14.9. The minimum Gasteiger partial charge on any atom is -0.372 e. The molecule has 2 aromatic heterocycles. The third kappa shape index (κ3) is 5.14. The van der Waals surface area contributed by atoms with Gasteiger partial charge >= 0.3 is 0 Å². The van der Waals surface area contributed by atoms with E-state index in [2.05, 4.69) is 47.2 Å². The summed E-state index contributed by atoms with van der Waals surface area (Å²) in [4.78, 5) is 12.6. The van der Waals surface area contributed by atoms with Crippen LogP contribution < -0.4 is 11.1 Å². The zero-order valence-corrected chi connectivity index (χ0v) is 17.1. The molecule has 30 heavy (non-hydrogen) atoms. The molecule has 0 atom stereocenters. The Hall–Kier alpha value is -2.96. The van der Waals surface area contributed by atoms with E-state index in [4.69, 9.17) is 4.79 Å². The van der Waals surface area contributed by atoms with Gasteiger partial charge in [-0.25, -0.2) is 13.8 Å². The van der Waals surface area contributed by atoms with Crippen molar-refractivity contribution in [3.63, 3.8) is 0 Å². The maximum Gasteiger partial charge on any atom is 0.281 e. The molecule has 1 aliphatic carbocycles. The second-order valence-corrected chi connectivity index (χ2v) is 7.53. The number of imidazole rings is 1. The lowest BCUT2D eigenvalue weighted by molar-refractivity contribution is -0.106. The van der Waals surface area contributed by atoms with Gasteiger partial charge in [0.1, 0.15) is 17.2 Å². The SMILES string of the molecule is CCc1cccc(C2CCC(Nc3cccc4nc(C(F)F)cn34)CC2)c1.NC=O. The molecule has 1 fully saturated rings. The summed E-state index contributed by atoms with van der Waals surface area (Å²) in [5.41, 5.74) is 7.39. The van der Waals surface area contributed by atoms with Gasteiger partial charge in [-0.05, 0) is 61.3 Å². The Morgan fingerprint density at radius 3 is 2.57 bits per heavy atom. The molecule has 0 unspecified atom stereocenters. The molecule has 1 saturated carbocycles. The fourth-order valence-corrected chi connectivity index (χ4v) is 4.10. The fourth-order valence-electron chi connectivity index (χ4n) is 4.10. The van der Waals surface area contributed by atoms with Gasteiger partial charge in [0.25, 0.3) is 6.43 Å². The Balaban J connectivity index is 0.000000806. The number of nitrogens with two attached hydrogens (primary N) is 1. The van der Waals surface area contributed by atoms with Gasteiger partial charge in [0, 0.05) is 12.2 Å². The Morgan fingerprint density at radius 1 is 1.20 bits per heavy atom. The van der Waals surface area contributed by atoms with Gasteiger partial charge < -0.3 is 11.1 Å². The Morgan fingerprint density at radius 2 is 1.90 bits per heavy atom. The van der Waals surface area contributed by atoms with Gasteiger partial charge in [-0.3, -0.25) is 9.20 Å². The molecule has 3 aromatic rings. The molecule has 1 amide bonds. The van der Waals surface area contributed by atoms with E-state index >= 15 is 0 Å². The smallest absolute Gasteiger partial charge is 0.281 e. The predicted octanol–water partition coefficient (Wildman–Crippen LogP) is 5.07. The number of carbonyl (C=O) groups excluding carboxylic acids is 1. The lowest BCUT2D eigenvalue weighted by Gasteiger charge is -2.30. The van der Waals surface area contributed by atoms with Crippen molar-refractivity contribution in [2.75, 3.05) is 5.32 Å². The molecule has 7 heteroatoms. The number of anilines is 1. The zero-order chi connectivity index (χ0) is 21.5. The first-order valence-electron chi connectivity index (χ1n) is 10.3. The van der Waals surface area contributed by atoms with E-state index in [0.29, 0.717) is 17.6 Å². The number of halogens is 2. The number of primary amides is 1. The molecule has 1 aliphatic rings. The van der Waals surface area contributed by atoms with Crippen molar-refractivity contribution in [1.29, 1.82) is 0 Å². The summed E-state index contributed by atoms with van der Waals surface area (Å²) >= 11 is 0. The first kappa shape index (κ1) is 21.7. The molecule has 4 rings (SSSR count). The number of fused-ring (bicyclic) bond motifs is 1. The number of amides is 1. The van der Waals surface area contributed by atoms with E-state index in [0.717, 1.165) is 37.9 Å². The third-order valence-corrected chi connectivity index (χ3v) is 5.64. The second-order valence-electron chi connectivity index (χ2n) is 7.53. The predicted molar refractivity (Wildman–Crippen MR) is 115 cm³/mol. The molecule has 0 bridgehead atoms. The second kappa shape index (κ2) is 10.2. The highest BCUT2D eigenvalue weighted by Crippen LogP contribution is 2.34. The number of hydrogen-bond donors (Lipinski definition) is 2. The van der Waals surface area contributed by atoms with Gasteiger partial charge in [0.05, 0.1) is 0 Å². The molecule has 5 nitrogen and oxygen atoms in total. The van der Waals surface area contributed by atoms with Crippen LogP contribution in [0.2, 0.25) is 0 Å². The van der Waals surface area contributed by atoms with Crippen molar-refractivity contribution in [2.45, 2.75) is 57.4 Å². The minimum atomic E-state index is -2.55. The van der Waals surface area contributed by atoms with Crippen molar-refractivity contribution in [3.8, 4) is 0 Å². The molecule has 1 aromatic carbocycles. The number of carbonyl (C=O) groups is 1. The van der Waals surface area contributed by atoms with E-state index < -0.39 is 6.43 Å². The van der Waals surface area contributed by atoms with Crippen LogP contribution in [0.25, 0.3) is 5.65 Å². The summed E-state index contributed by atoms with van der Waals surface area (Å²) in [7, 11) is 0. The third-order valence-electron chi connectivity index (χ3n) is 5.64. The highest BCUT2D eigenvalue weighted by molar-refractivity contribution is 5.51. The summed E-state index contributed by atoms with van der Waals surface area (Å²) in [5, 5.41) is 3.55. The highest BCUT2D eigenvalue weighted by Gasteiger charge is 2.23. The van der Waals surface area contributed by atoms with Crippen molar-refractivity contribution in [3.05, 3.63) is 65.5 Å². The Bertz CT molecular complexity index is 965. The molecule has 160 valence electrons. The number of nitrogens with zero attached hydrogens (tertiary/aromatic N) is 2. The van der Waals surface area contributed by atoms with Crippen molar-refractivity contribution >= 4 is 17.9 Å². The number of pyridine rings is 1. The largest absolute Gasteiger partial charge is 0.372 e. The molecule has 0 saturated heterocycles. The lowest BCUT2D eigenvalue weighted by Crippen LogP contribution is -2.26. The molecule has 0 spiro atoms. The van der Waals surface area contributed by atoms with E-state index in [9.17, 15) is 8.78 Å². The number of aryl methyl sites for hydroxylation is 1. The average molecular weight is 415 g/mol. The van der Waals surface area contributed by atoms with Gasteiger partial charge in [-0.1, -0.05) is 37.3 Å². The van der Waals surface area contributed by atoms with Crippen LogP contribution in [-0.4, -0.2) is 21.8 Å². The first-order valence-corrected chi connectivity index (χ1v) is 10.3. The van der Waals surface area contributed by atoms with Crippen LogP contribution >= 0.6 is 0 Å².